The summed E-state index contributed by atoms with van der Waals surface area (Å²) in [4.78, 5) is 16.2. The average molecular weight is 354 g/mol. The molecule has 1 N–H and O–H groups in total. The van der Waals surface area contributed by atoms with Crippen molar-refractivity contribution < 1.29 is 18.3 Å². The van der Waals surface area contributed by atoms with Gasteiger partial charge in [-0.2, -0.15) is 0 Å². The maximum absolute atomic E-state index is 13.8. The second kappa shape index (κ2) is 7.74. The van der Waals surface area contributed by atoms with E-state index in [1.807, 2.05) is 0 Å². The Balaban J connectivity index is 1.63. The molecule has 0 fully saturated rings. The number of hydrogen-bond donors (Lipinski definition) is 1. The van der Waals surface area contributed by atoms with E-state index in [1.54, 1.807) is 31.2 Å². The van der Waals surface area contributed by atoms with Crippen LogP contribution in [-0.2, 0) is 6.61 Å². The maximum atomic E-state index is 13.8. The third kappa shape index (κ3) is 4.22. The molecule has 26 heavy (non-hydrogen) atoms. The number of nitrogens with one attached hydrogen (secondary N) is 1. The van der Waals surface area contributed by atoms with Crippen molar-refractivity contribution in [2.45, 2.75) is 13.5 Å². The van der Waals surface area contributed by atoms with Crippen LogP contribution in [0.5, 0.6) is 5.88 Å². The van der Waals surface area contributed by atoms with E-state index in [0.29, 0.717) is 5.56 Å². The van der Waals surface area contributed by atoms with Crippen LogP contribution in [0.25, 0.3) is 0 Å². The Kier molecular flexibility index (Phi) is 5.22. The van der Waals surface area contributed by atoms with Gasteiger partial charge in [-0.05, 0) is 36.8 Å². The van der Waals surface area contributed by atoms with Crippen molar-refractivity contribution in [2.75, 3.05) is 5.32 Å². The number of aryl methyl sites for hydroxylation is 1. The molecule has 0 bridgehead atoms. The monoisotopic (exact) mass is 354 g/mol. The highest BCUT2D eigenvalue weighted by Gasteiger charge is 2.10. The van der Waals surface area contributed by atoms with E-state index in [0.717, 1.165) is 5.56 Å². The van der Waals surface area contributed by atoms with E-state index in [9.17, 15) is 13.6 Å². The number of halogens is 2. The number of benzene rings is 2. The number of pyridine rings is 1. The number of nitrogens with zero attached hydrogens (tertiary/aromatic N) is 1. The van der Waals surface area contributed by atoms with Crippen molar-refractivity contribution in [2.24, 2.45) is 0 Å². The van der Waals surface area contributed by atoms with Gasteiger partial charge in [0.15, 0.2) is 0 Å². The molecule has 0 atom stereocenters. The Morgan fingerprint density at radius 3 is 2.58 bits per heavy atom. The van der Waals surface area contributed by atoms with Crippen molar-refractivity contribution in [1.82, 2.24) is 4.98 Å². The minimum absolute atomic E-state index is 0.0276. The lowest BCUT2D eigenvalue weighted by Crippen LogP contribution is -2.13. The number of anilines is 1. The lowest BCUT2D eigenvalue weighted by molar-refractivity contribution is 0.102. The van der Waals surface area contributed by atoms with Gasteiger partial charge >= 0.3 is 0 Å². The van der Waals surface area contributed by atoms with Gasteiger partial charge in [0.25, 0.3) is 5.91 Å². The van der Waals surface area contributed by atoms with E-state index in [4.69, 9.17) is 4.74 Å². The fourth-order valence-electron chi connectivity index (χ4n) is 2.28. The van der Waals surface area contributed by atoms with Crippen molar-refractivity contribution in [1.29, 1.82) is 0 Å². The van der Waals surface area contributed by atoms with Gasteiger partial charge in [0, 0.05) is 17.8 Å². The minimum atomic E-state index is -0.504. The van der Waals surface area contributed by atoms with E-state index in [2.05, 4.69) is 10.3 Å². The van der Waals surface area contributed by atoms with E-state index in [-0.39, 0.29) is 29.6 Å². The molecule has 0 aliphatic heterocycles. The van der Waals surface area contributed by atoms with Crippen LogP contribution in [0.1, 0.15) is 21.5 Å². The molecule has 6 heteroatoms. The Morgan fingerprint density at radius 1 is 1.08 bits per heavy atom. The minimum Gasteiger partial charge on any atom is -0.473 e. The van der Waals surface area contributed by atoms with Crippen molar-refractivity contribution in [3.63, 3.8) is 0 Å². The highest BCUT2D eigenvalue weighted by molar-refractivity contribution is 6.04. The molecule has 0 saturated heterocycles. The van der Waals surface area contributed by atoms with Gasteiger partial charge in [0.05, 0.1) is 11.3 Å². The smallest absolute Gasteiger partial charge is 0.257 e. The molecule has 0 aliphatic carbocycles. The average Bonchev–Trinajstić information content (AvgIpc) is 2.64. The zero-order valence-electron chi connectivity index (χ0n) is 14.0. The molecule has 3 aromatic rings. The number of carbonyl (C=O) groups excluding carboxylic acids is 1. The van der Waals surface area contributed by atoms with Crippen molar-refractivity contribution in [3.8, 4) is 5.88 Å². The highest BCUT2D eigenvalue weighted by atomic mass is 19.1. The van der Waals surface area contributed by atoms with Crippen LogP contribution in [0.3, 0.4) is 0 Å². The first-order valence-corrected chi connectivity index (χ1v) is 7.92. The Hall–Kier alpha value is -3.28. The molecule has 2 aromatic carbocycles. The van der Waals surface area contributed by atoms with Gasteiger partial charge < -0.3 is 10.1 Å². The van der Waals surface area contributed by atoms with E-state index >= 15 is 0 Å². The Bertz CT molecular complexity index is 927. The summed E-state index contributed by atoms with van der Waals surface area (Å²) in [6.07, 6.45) is 1.32. The third-order valence-corrected chi connectivity index (χ3v) is 3.70. The molecule has 4 nitrogen and oxygen atoms in total. The van der Waals surface area contributed by atoms with Gasteiger partial charge in [-0.15, -0.1) is 0 Å². The molecular weight excluding hydrogens is 338 g/mol. The Labute approximate surface area is 149 Å². The van der Waals surface area contributed by atoms with Gasteiger partial charge in [-0.3, -0.25) is 4.79 Å². The molecule has 3 rings (SSSR count). The first kappa shape index (κ1) is 17.5. The summed E-state index contributed by atoms with van der Waals surface area (Å²) in [5, 5.41) is 2.49. The summed E-state index contributed by atoms with van der Waals surface area (Å²) >= 11 is 0. The van der Waals surface area contributed by atoms with E-state index < -0.39 is 11.7 Å². The summed E-state index contributed by atoms with van der Waals surface area (Å²) in [5.74, 6) is -1.09. The predicted molar refractivity (Wildman–Crippen MR) is 94.1 cm³/mol. The second-order valence-electron chi connectivity index (χ2n) is 5.70. The summed E-state index contributed by atoms with van der Waals surface area (Å²) in [6.45, 7) is 1.79. The summed E-state index contributed by atoms with van der Waals surface area (Å²) < 4.78 is 32.8. The zero-order valence-corrected chi connectivity index (χ0v) is 14.0. The van der Waals surface area contributed by atoms with Crippen LogP contribution >= 0.6 is 0 Å². The molecule has 1 heterocycles. The summed E-state index contributed by atoms with van der Waals surface area (Å²) in [5.41, 5.74) is 1.52. The van der Waals surface area contributed by atoms with Crippen LogP contribution in [0, 0.1) is 18.6 Å². The van der Waals surface area contributed by atoms with Gasteiger partial charge in [0.2, 0.25) is 5.88 Å². The molecule has 0 aliphatic rings. The van der Waals surface area contributed by atoms with Gasteiger partial charge in [-0.25, -0.2) is 13.8 Å². The van der Waals surface area contributed by atoms with E-state index in [1.165, 1.54) is 36.5 Å². The predicted octanol–water partition coefficient (Wildman–Crippen LogP) is 4.50. The topological polar surface area (TPSA) is 51.2 Å². The Morgan fingerprint density at radius 2 is 1.88 bits per heavy atom. The van der Waals surface area contributed by atoms with Crippen molar-refractivity contribution >= 4 is 11.6 Å². The van der Waals surface area contributed by atoms with Gasteiger partial charge in [-0.1, -0.05) is 24.3 Å². The molecule has 0 spiro atoms. The quantitative estimate of drug-likeness (QED) is 0.734. The van der Waals surface area contributed by atoms with Crippen LogP contribution in [0.15, 0.2) is 60.8 Å². The van der Waals surface area contributed by atoms with Crippen LogP contribution in [0.4, 0.5) is 14.5 Å². The fraction of sp³-hybridized carbons (Fsp3) is 0.100. The molecule has 1 amide bonds. The number of rotatable bonds is 5. The maximum Gasteiger partial charge on any atom is 0.257 e. The molecule has 0 radical (unpaired) electrons. The normalized spacial score (nSPS) is 10.4. The fourth-order valence-corrected chi connectivity index (χ4v) is 2.28. The standard InChI is InChI=1S/C20H16F2N2O2/c1-13-6-8-18(17(22)10-13)24-20(25)14-7-9-19(23-11-14)26-12-15-4-2-3-5-16(15)21/h2-11H,12H2,1H3,(H,24,25). The molecule has 0 saturated carbocycles. The van der Waals surface area contributed by atoms with Crippen molar-refractivity contribution in [3.05, 3.63) is 89.1 Å². The lowest BCUT2D eigenvalue weighted by Gasteiger charge is -2.08. The number of ether oxygens (including phenoxy) is 1. The van der Waals surface area contributed by atoms with Crippen LogP contribution in [0.2, 0.25) is 0 Å². The summed E-state index contributed by atoms with van der Waals surface area (Å²) in [6, 6.07) is 13.8. The molecule has 1 aromatic heterocycles. The largest absolute Gasteiger partial charge is 0.473 e. The molecule has 0 unspecified atom stereocenters. The first-order chi connectivity index (χ1) is 12.5. The summed E-state index contributed by atoms with van der Waals surface area (Å²) in [7, 11) is 0. The van der Waals surface area contributed by atoms with Gasteiger partial charge in [0.1, 0.15) is 18.2 Å². The lowest BCUT2D eigenvalue weighted by atomic mass is 10.2. The number of hydrogen-bond acceptors (Lipinski definition) is 3. The first-order valence-electron chi connectivity index (χ1n) is 7.92. The number of aromatic nitrogens is 1. The molecular formula is C20H16F2N2O2. The number of carbonyl (C=O) groups is 1. The highest BCUT2D eigenvalue weighted by Crippen LogP contribution is 2.17. The van der Waals surface area contributed by atoms with Crippen LogP contribution in [-0.4, -0.2) is 10.9 Å². The zero-order chi connectivity index (χ0) is 18.5. The van der Waals surface area contributed by atoms with Crippen LogP contribution < -0.4 is 10.1 Å². The second-order valence-corrected chi connectivity index (χ2v) is 5.70. The third-order valence-electron chi connectivity index (χ3n) is 3.70. The molecule has 132 valence electrons. The SMILES string of the molecule is Cc1ccc(NC(=O)c2ccc(OCc3ccccc3F)nc2)c(F)c1. The number of amides is 1.